The summed E-state index contributed by atoms with van der Waals surface area (Å²) < 4.78 is 1.81. The van der Waals surface area contributed by atoms with Gasteiger partial charge in [0.1, 0.15) is 53.3 Å². The second-order valence-electron chi connectivity index (χ2n) is 16.7. The lowest BCUT2D eigenvalue weighted by atomic mass is 9.90. The zero-order chi connectivity index (χ0) is 55.9. The van der Waals surface area contributed by atoms with Crippen LogP contribution in [-0.4, -0.2) is 145 Å². The van der Waals surface area contributed by atoms with Crippen LogP contribution in [0, 0.1) is 6.92 Å². The van der Waals surface area contributed by atoms with Gasteiger partial charge in [-0.15, -0.1) is 0 Å². The lowest BCUT2D eigenvalue weighted by molar-refractivity contribution is 0.294. The molecule has 0 aliphatic rings. The van der Waals surface area contributed by atoms with Crippen molar-refractivity contribution >= 4 is 85.4 Å². The van der Waals surface area contributed by atoms with Gasteiger partial charge in [0.2, 0.25) is 57.7 Å². The molecule has 3 aromatic heterocycles. The fourth-order valence-corrected chi connectivity index (χ4v) is 9.21. The van der Waals surface area contributed by atoms with E-state index in [-0.39, 0.29) is 17.5 Å². The lowest BCUT2D eigenvalue weighted by Gasteiger charge is -2.17. The van der Waals surface area contributed by atoms with Crippen LogP contribution in [-0.2, 0) is 6.42 Å². The maximum Gasteiger partial charge on any atom is 0.207 e. The fraction of sp³-hybridized carbons (Fsp3) is 0.0426. The highest BCUT2D eigenvalue weighted by molar-refractivity contribution is 6.40. The van der Waals surface area contributed by atoms with Crippen LogP contribution in [0.25, 0.3) is 71.8 Å². The summed E-state index contributed by atoms with van der Waals surface area (Å²) in [6.07, 6.45) is 0.171. The third-order valence-electron chi connectivity index (χ3n) is 12.7. The van der Waals surface area contributed by atoms with Gasteiger partial charge in [0.05, 0.1) is 32.6 Å². The minimum absolute atomic E-state index is 0.0787. The van der Waals surface area contributed by atoms with E-state index >= 15 is 0 Å². The molecule has 6 aromatic carbocycles. The van der Waals surface area contributed by atoms with E-state index < -0.39 is 216 Å². The Bertz CT molecular complexity index is 4120. The summed E-state index contributed by atoms with van der Waals surface area (Å²) in [6.45, 7) is 1.07. The Morgan fingerprint density at radius 3 is 1.36 bits per heavy atom. The highest BCUT2D eigenvalue weighted by atomic mass is 16.4. The average Bonchev–Trinajstić information content (AvgIpc) is 4.18. The number of fused-ring (bicyclic) bond motifs is 7. The monoisotopic (exact) mass is 1050 g/mol. The number of aromatic hydroxyl groups is 19. The normalized spacial score (nSPS) is 13.0. The van der Waals surface area contributed by atoms with Crippen molar-refractivity contribution in [2.24, 2.45) is 10.7 Å². The van der Waals surface area contributed by atoms with Gasteiger partial charge in [0, 0.05) is 5.69 Å². The van der Waals surface area contributed by atoms with Crippen LogP contribution in [0.5, 0.6) is 109 Å². The van der Waals surface area contributed by atoms with Crippen LogP contribution >= 0.6 is 0 Å². The number of phenolic OH excluding ortho intramolecular Hbond substituents is 19. The topological polar surface area (TPSA) is 518 Å². The Hall–Kier alpha value is -11.4. The van der Waals surface area contributed by atoms with Crippen LogP contribution in [0.3, 0.4) is 0 Å². The first-order valence-corrected chi connectivity index (χ1v) is 21.1. The quantitative estimate of drug-likeness (QED) is 0.0204. The van der Waals surface area contributed by atoms with Crippen molar-refractivity contribution < 1.29 is 117 Å². The molecule has 25 N–H and O–H groups in total. The van der Waals surface area contributed by atoms with Crippen molar-refractivity contribution in [1.29, 1.82) is 0 Å². The number of benzene rings is 6. The molecule has 0 unspecified atom stereocenters. The Labute approximate surface area is 419 Å². The summed E-state index contributed by atoms with van der Waals surface area (Å²) in [4.78, 5) is 4.38. The Kier molecular flexibility index (Phi) is 10.8. The van der Waals surface area contributed by atoms with E-state index in [0.717, 1.165) is 17.6 Å². The van der Waals surface area contributed by atoms with Crippen molar-refractivity contribution in [2.45, 2.75) is 13.3 Å². The smallest absolute Gasteiger partial charge is 0.207 e. The van der Waals surface area contributed by atoms with Crippen molar-refractivity contribution in [3.05, 3.63) is 64.9 Å². The number of hydrogen-bond donors (Lipinski definition) is 24. The molecule has 0 amide bonds. The predicted molar refractivity (Wildman–Crippen MR) is 264 cm³/mol. The summed E-state index contributed by atoms with van der Waals surface area (Å²) in [5.41, 5.74) is -0.122. The number of allylic oxidation sites excluding steroid dienone is 1. The predicted octanol–water partition coefficient (Wildman–Crippen LogP) is 4.00. The zero-order valence-corrected chi connectivity index (χ0v) is 37.9. The molecule has 0 aliphatic heterocycles. The van der Waals surface area contributed by atoms with Crippen molar-refractivity contribution in [2.75, 3.05) is 0 Å². The lowest BCUT2D eigenvalue weighted by Crippen LogP contribution is -2.25. The standard InChI is InChI=1S/C47H36BN5O23/c1-9-14-21(35(65)43(73)39(69)28(14)58)53(20(9)33(63)26(56)12(55)8-54)47(49)50-13(52-24-15(27(57)19(48)32(62)34(24)64)16-25(52)38(68)46(76)40(70)29(16)59)7-6-10-4-2-3-5-11(10)51-22-17(30(60)41(71)44(74)36(22)66)18-23(51)37(67)45(75)42(72)31(18)61/h2-5,7-8,54-76H,6H2,1H3,(H2,49,50)/b12-8-,13-7+,33-26-. The van der Waals surface area contributed by atoms with Crippen LogP contribution < -0.4 is 11.2 Å². The van der Waals surface area contributed by atoms with Gasteiger partial charge >= 0.3 is 0 Å². The molecule has 390 valence electrons. The molecule has 0 bridgehead atoms. The van der Waals surface area contributed by atoms with Gasteiger partial charge in [0.15, 0.2) is 69.0 Å². The summed E-state index contributed by atoms with van der Waals surface area (Å²) in [5, 5.41) is 248. The second kappa shape index (κ2) is 16.6. The summed E-state index contributed by atoms with van der Waals surface area (Å²) >= 11 is 0. The van der Waals surface area contributed by atoms with Crippen LogP contribution in [0.2, 0.25) is 0 Å². The number of aliphatic imine (C=N–C) groups is 1. The molecular formula is C47H36BN5O23. The largest absolute Gasteiger partial charge is 0.512 e. The van der Waals surface area contributed by atoms with Gasteiger partial charge in [-0.2, -0.15) is 4.99 Å². The first-order chi connectivity index (χ1) is 35.7. The van der Waals surface area contributed by atoms with Gasteiger partial charge in [-0.1, -0.05) is 18.2 Å². The molecule has 9 rings (SSSR count). The molecule has 0 saturated carbocycles. The van der Waals surface area contributed by atoms with E-state index in [2.05, 4.69) is 4.99 Å². The molecular weight excluding hydrogens is 1010 g/mol. The highest BCUT2D eigenvalue weighted by Crippen LogP contribution is 2.60. The van der Waals surface area contributed by atoms with Crippen molar-refractivity contribution in [1.82, 2.24) is 13.7 Å². The number of aliphatic hydroxyl groups excluding tert-OH is 4. The Balaban J connectivity index is 1.47. The average molecular weight is 1050 g/mol. The number of aryl methyl sites for hydroxylation is 1. The number of aromatic nitrogens is 3. The number of nitrogens with two attached hydrogens (primary N) is 1. The first-order valence-electron chi connectivity index (χ1n) is 21.1. The molecule has 9 aromatic rings. The van der Waals surface area contributed by atoms with Crippen LogP contribution in [0.4, 0.5) is 0 Å². The molecule has 29 heteroatoms. The van der Waals surface area contributed by atoms with Gasteiger partial charge < -0.3 is 128 Å². The van der Waals surface area contributed by atoms with Gasteiger partial charge in [-0.3, -0.25) is 9.13 Å². The Morgan fingerprint density at radius 1 is 0.500 bits per heavy atom. The third-order valence-corrected chi connectivity index (χ3v) is 12.7. The molecule has 0 atom stereocenters. The van der Waals surface area contributed by atoms with E-state index in [1.807, 2.05) is 0 Å². The van der Waals surface area contributed by atoms with E-state index in [1.54, 1.807) is 0 Å². The van der Waals surface area contributed by atoms with E-state index in [1.165, 1.54) is 24.3 Å². The Morgan fingerprint density at radius 2 is 0.882 bits per heavy atom. The van der Waals surface area contributed by atoms with Gasteiger partial charge in [0.25, 0.3) is 0 Å². The molecule has 0 spiro atoms. The van der Waals surface area contributed by atoms with Crippen LogP contribution in [0.15, 0.2) is 53.1 Å². The molecule has 76 heavy (non-hydrogen) atoms. The first kappa shape index (κ1) is 49.6. The number of nitrogens with zero attached hydrogens (tertiary/aromatic N) is 4. The minimum atomic E-state index is -1.52. The fourth-order valence-electron chi connectivity index (χ4n) is 9.21. The summed E-state index contributed by atoms with van der Waals surface area (Å²) in [5.74, 6) is -31.4. The molecule has 3 heterocycles. The SMILES string of the molecule is [B]c1c(O)c(O)c2c(c1O)c1c(O)c(O)c(O)c(O)c1n2/C(=C/Cc1ccccc1-n1c2c(O)c(O)c(O)c(O)c2c2c(O)c(O)c(O)c(O)c21)N=C(N)n1c(/C(O)=C(O)\C(O)=C\O)c(C)c2c(O)c(O)c(O)c(O)c21. The number of phenols is 19. The second-order valence-corrected chi connectivity index (χ2v) is 16.7. The molecule has 0 fully saturated rings. The molecule has 0 saturated heterocycles. The minimum Gasteiger partial charge on any atom is -0.512 e. The number of para-hydroxylation sites is 1. The highest BCUT2D eigenvalue weighted by Gasteiger charge is 2.36. The maximum absolute atomic E-state index is 11.7. The molecule has 0 aliphatic carbocycles. The van der Waals surface area contributed by atoms with E-state index in [4.69, 9.17) is 13.6 Å². The van der Waals surface area contributed by atoms with E-state index in [0.29, 0.717) is 9.13 Å². The van der Waals surface area contributed by atoms with Gasteiger partial charge in [-0.05, 0) is 42.1 Å². The number of aliphatic hydroxyl groups is 4. The van der Waals surface area contributed by atoms with E-state index in [9.17, 15) is 117 Å². The number of rotatable bonds is 7. The van der Waals surface area contributed by atoms with Gasteiger partial charge in [-0.25, -0.2) is 0 Å². The summed E-state index contributed by atoms with van der Waals surface area (Å²) in [7, 11) is 5.91. The number of hydrogen-bond acceptors (Lipinski definition) is 24. The van der Waals surface area contributed by atoms with Crippen molar-refractivity contribution in [3.63, 3.8) is 0 Å². The maximum atomic E-state index is 11.7. The third kappa shape index (κ3) is 6.28. The van der Waals surface area contributed by atoms with Crippen molar-refractivity contribution in [3.8, 4) is 115 Å². The summed E-state index contributed by atoms with van der Waals surface area (Å²) in [6, 6.07) is 5.22. The molecule has 2 radical (unpaired) electrons. The zero-order valence-electron chi connectivity index (χ0n) is 37.9. The van der Waals surface area contributed by atoms with Crippen LogP contribution in [0.1, 0.15) is 16.8 Å². The molecule has 28 nitrogen and oxygen atoms in total.